The van der Waals surface area contributed by atoms with E-state index in [-0.39, 0.29) is 0 Å². The maximum absolute atomic E-state index is 6.69. The van der Waals surface area contributed by atoms with Crippen molar-refractivity contribution >= 4 is 67.1 Å². The average molecular weight is 382 g/mol. The second-order valence-corrected chi connectivity index (χ2v) is 7.31. The summed E-state index contributed by atoms with van der Waals surface area (Å²) in [6.45, 7) is 0. The maximum atomic E-state index is 6.69. The molecule has 0 saturated heterocycles. The van der Waals surface area contributed by atoms with Gasteiger partial charge in [-0.05, 0) is 33.4 Å². The third-order valence-corrected chi connectivity index (χ3v) is 6.17. The minimum absolute atomic E-state index is 0.409. The second kappa shape index (κ2) is 5.51. The number of halogens is 3. The molecule has 0 unspecified atom stereocenters. The van der Waals surface area contributed by atoms with Crippen LogP contribution in [0.15, 0.2) is 66.7 Å². The zero-order chi connectivity index (χ0) is 17.1. The van der Waals surface area contributed by atoms with Crippen molar-refractivity contribution in [2.75, 3.05) is 0 Å². The minimum atomic E-state index is 0.409. The van der Waals surface area contributed by atoms with Crippen molar-refractivity contribution < 1.29 is 0 Å². The van der Waals surface area contributed by atoms with E-state index in [2.05, 4.69) is 42.5 Å². The molecule has 0 amide bonds. The van der Waals surface area contributed by atoms with Crippen molar-refractivity contribution in [2.24, 2.45) is 0 Å². The molecule has 0 nitrogen and oxygen atoms in total. The Hall–Kier alpha value is -1.99. The van der Waals surface area contributed by atoms with E-state index >= 15 is 0 Å². The molecular formula is C22H11Cl3. The van der Waals surface area contributed by atoms with Crippen molar-refractivity contribution in [3.8, 4) is 11.1 Å². The molecule has 0 bridgehead atoms. The average Bonchev–Trinajstić information content (AvgIpc) is 2.66. The molecule has 0 aliphatic heterocycles. The SMILES string of the molecule is Clc1c(Cl)c2ccc3cccc4cc(-c5ccccc5)c(c1Cl)c2c34. The quantitative estimate of drug-likeness (QED) is 0.203. The van der Waals surface area contributed by atoms with Crippen LogP contribution >= 0.6 is 34.8 Å². The first-order valence-electron chi connectivity index (χ1n) is 7.96. The van der Waals surface area contributed by atoms with E-state index in [1.807, 2.05) is 24.3 Å². The van der Waals surface area contributed by atoms with Gasteiger partial charge in [-0.25, -0.2) is 0 Å². The van der Waals surface area contributed by atoms with Gasteiger partial charge in [-0.3, -0.25) is 0 Å². The van der Waals surface area contributed by atoms with E-state index in [9.17, 15) is 0 Å². The van der Waals surface area contributed by atoms with E-state index < -0.39 is 0 Å². The molecule has 0 atom stereocenters. The van der Waals surface area contributed by atoms with Gasteiger partial charge in [0.1, 0.15) is 0 Å². The summed E-state index contributed by atoms with van der Waals surface area (Å²) in [7, 11) is 0. The van der Waals surface area contributed by atoms with Crippen molar-refractivity contribution in [3.63, 3.8) is 0 Å². The van der Waals surface area contributed by atoms with Crippen molar-refractivity contribution in [1.82, 2.24) is 0 Å². The molecule has 0 N–H and O–H groups in total. The third kappa shape index (κ3) is 2.09. The standard InChI is InChI=1S/C22H11Cl3/c23-20-15-10-9-13-7-4-8-14-11-16(12-5-2-1-3-6-12)19(18(15)17(13)14)21(24)22(20)25/h1-11H. The molecule has 0 radical (unpaired) electrons. The van der Waals surface area contributed by atoms with Crippen LogP contribution in [-0.2, 0) is 0 Å². The van der Waals surface area contributed by atoms with Gasteiger partial charge in [0.05, 0.1) is 15.1 Å². The summed E-state index contributed by atoms with van der Waals surface area (Å²) >= 11 is 19.7. The predicted molar refractivity (Wildman–Crippen MR) is 111 cm³/mol. The summed E-state index contributed by atoms with van der Waals surface area (Å²) in [4.78, 5) is 0. The molecule has 0 heterocycles. The summed E-state index contributed by atoms with van der Waals surface area (Å²) in [5, 5.41) is 7.92. The highest BCUT2D eigenvalue weighted by Crippen LogP contribution is 2.49. The van der Waals surface area contributed by atoms with E-state index in [4.69, 9.17) is 34.8 Å². The highest BCUT2D eigenvalue weighted by molar-refractivity contribution is 6.54. The van der Waals surface area contributed by atoms with E-state index in [0.717, 1.165) is 27.3 Å². The van der Waals surface area contributed by atoms with Crippen molar-refractivity contribution in [1.29, 1.82) is 0 Å². The van der Waals surface area contributed by atoms with Gasteiger partial charge in [0, 0.05) is 16.2 Å². The molecule has 120 valence electrons. The summed E-state index contributed by atoms with van der Waals surface area (Å²) in [5.41, 5.74) is 2.18. The molecule has 3 heteroatoms. The van der Waals surface area contributed by atoms with Crippen LogP contribution in [0.5, 0.6) is 0 Å². The Morgan fingerprint density at radius 2 is 1.28 bits per heavy atom. The van der Waals surface area contributed by atoms with Gasteiger partial charge in [0.25, 0.3) is 0 Å². The molecule has 5 aromatic rings. The van der Waals surface area contributed by atoms with Crippen LogP contribution in [0.25, 0.3) is 43.4 Å². The summed E-state index contributed by atoms with van der Waals surface area (Å²) in [5.74, 6) is 0. The lowest BCUT2D eigenvalue weighted by molar-refractivity contribution is 1.67. The van der Waals surface area contributed by atoms with Crippen LogP contribution < -0.4 is 0 Å². The second-order valence-electron chi connectivity index (χ2n) is 6.17. The molecule has 5 aromatic carbocycles. The van der Waals surface area contributed by atoms with Crippen LogP contribution in [0.4, 0.5) is 0 Å². The highest BCUT2D eigenvalue weighted by atomic mass is 35.5. The highest BCUT2D eigenvalue weighted by Gasteiger charge is 2.20. The third-order valence-electron chi connectivity index (χ3n) is 4.82. The summed E-state index contributed by atoms with van der Waals surface area (Å²) in [6.07, 6.45) is 0. The summed E-state index contributed by atoms with van der Waals surface area (Å²) < 4.78 is 0. The molecule has 0 spiro atoms. The predicted octanol–water partition coefficient (Wildman–Crippen LogP) is 8.21. The van der Waals surface area contributed by atoms with Crippen LogP contribution in [0.1, 0.15) is 0 Å². The Labute approximate surface area is 159 Å². The normalized spacial score (nSPS) is 11.8. The number of hydrogen-bond donors (Lipinski definition) is 0. The molecule has 25 heavy (non-hydrogen) atoms. The maximum Gasteiger partial charge on any atom is 0.0791 e. The number of hydrogen-bond acceptors (Lipinski definition) is 0. The van der Waals surface area contributed by atoms with E-state index in [1.165, 1.54) is 16.2 Å². The molecule has 0 saturated carbocycles. The Morgan fingerprint density at radius 1 is 0.520 bits per heavy atom. The van der Waals surface area contributed by atoms with Gasteiger partial charge >= 0.3 is 0 Å². The fourth-order valence-corrected chi connectivity index (χ4v) is 4.52. The number of rotatable bonds is 1. The molecule has 5 rings (SSSR count). The van der Waals surface area contributed by atoms with Gasteiger partial charge < -0.3 is 0 Å². The fourth-order valence-electron chi connectivity index (χ4n) is 3.73. The Balaban J connectivity index is 2.14. The molecule has 0 aromatic heterocycles. The van der Waals surface area contributed by atoms with Gasteiger partial charge in [0.2, 0.25) is 0 Å². The van der Waals surface area contributed by atoms with E-state index in [0.29, 0.717) is 15.1 Å². The molecule has 0 aliphatic rings. The summed E-state index contributed by atoms with van der Waals surface area (Å²) in [6, 6.07) is 22.9. The Kier molecular flexibility index (Phi) is 3.36. The van der Waals surface area contributed by atoms with E-state index in [1.54, 1.807) is 0 Å². The van der Waals surface area contributed by atoms with Gasteiger partial charge in [-0.2, -0.15) is 0 Å². The molecule has 0 fully saturated rings. The zero-order valence-electron chi connectivity index (χ0n) is 13.0. The molecular weight excluding hydrogens is 371 g/mol. The first kappa shape index (κ1) is 15.3. The monoisotopic (exact) mass is 380 g/mol. The first-order chi connectivity index (χ1) is 12.2. The van der Waals surface area contributed by atoms with Gasteiger partial charge in [-0.1, -0.05) is 95.5 Å². The fraction of sp³-hybridized carbons (Fsp3) is 0. The topological polar surface area (TPSA) is 0 Å². The van der Waals surface area contributed by atoms with Crippen LogP contribution in [0.2, 0.25) is 15.1 Å². The van der Waals surface area contributed by atoms with Gasteiger partial charge in [-0.15, -0.1) is 0 Å². The van der Waals surface area contributed by atoms with Crippen molar-refractivity contribution in [3.05, 3.63) is 81.8 Å². The lowest BCUT2D eigenvalue weighted by atomic mass is 9.89. The zero-order valence-corrected chi connectivity index (χ0v) is 15.3. The minimum Gasteiger partial charge on any atom is -0.0820 e. The lowest BCUT2D eigenvalue weighted by Crippen LogP contribution is -1.90. The largest absolute Gasteiger partial charge is 0.0820 e. The Bertz CT molecular complexity index is 1260. The van der Waals surface area contributed by atoms with Crippen LogP contribution in [-0.4, -0.2) is 0 Å². The van der Waals surface area contributed by atoms with Crippen LogP contribution in [0, 0.1) is 0 Å². The smallest absolute Gasteiger partial charge is 0.0791 e. The molecule has 0 aliphatic carbocycles. The lowest BCUT2D eigenvalue weighted by Gasteiger charge is -2.18. The van der Waals surface area contributed by atoms with Gasteiger partial charge in [0.15, 0.2) is 0 Å². The number of benzene rings is 5. The van der Waals surface area contributed by atoms with Crippen LogP contribution in [0.3, 0.4) is 0 Å². The van der Waals surface area contributed by atoms with Crippen molar-refractivity contribution in [2.45, 2.75) is 0 Å². The first-order valence-corrected chi connectivity index (χ1v) is 9.09. The Morgan fingerprint density at radius 3 is 2.08 bits per heavy atom.